The van der Waals surface area contributed by atoms with Gasteiger partial charge in [0.05, 0.1) is 39.0 Å². The third-order valence-electron chi connectivity index (χ3n) is 11.6. The standard InChI is InChI=1S/C55H34N4O/c1-3-14-35(15-4-1)39-30-31-44-48(33-39)56-53(52-45-22-9-12-25-51(45)60-54(44)52)37-26-28-38(29-27-37)55-57-46(36-16-5-2-6-17-36)34-47(58-55)40-18-13-19-41(32-40)59-49-23-10-7-20-42(49)43-21-8-11-24-50(43)59/h1-34H. The van der Waals surface area contributed by atoms with Crippen LogP contribution in [0.2, 0.25) is 0 Å². The van der Waals surface area contributed by atoms with Crippen LogP contribution >= 0.6 is 0 Å². The number of hydrogen-bond acceptors (Lipinski definition) is 4. The van der Waals surface area contributed by atoms with E-state index in [0.29, 0.717) is 5.82 Å². The number of rotatable bonds is 6. The summed E-state index contributed by atoms with van der Waals surface area (Å²) in [5, 5.41) is 5.50. The molecule has 5 heteroatoms. The van der Waals surface area contributed by atoms with Crippen molar-refractivity contribution in [3.63, 3.8) is 0 Å². The van der Waals surface area contributed by atoms with Crippen molar-refractivity contribution in [2.75, 3.05) is 0 Å². The van der Waals surface area contributed by atoms with E-state index >= 15 is 0 Å². The lowest BCUT2D eigenvalue weighted by Crippen LogP contribution is -1.98. The molecule has 0 aliphatic heterocycles. The molecule has 0 saturated carbocycles. The van der Waals surface area contributed by atoms with Gasteiger partial charge in [-0.15, -0.1) is 0 Å². The van der Waals surface area contributed by atoms with Crippen LogP contribution in [0, 0.1) is 0 Å². The maximum absolute atomic E-state index is 6.59. The second-order valence-corrected chi connectivity index (χ2v) is 15.2. The van der Waals surface area contributed by atoms with Crippen molar-refractivity contribution >= 4 is 54.6 Å². The van der Waals surface area contributed by atoms with E-state index < -0.39 is 0 Å². The molecule has 0 fully saturated rings. The Morgan fingerprint density at radius 3 is 1.68 bits per heavy atom. The van der Waals surface area contributed by atoms with Crippen LogP contribution in [-0.4, -0.2) is 19.5 Å². The maximum Gasteiger partial charge on any atom is 0.160 e. The van der Waals surface area contributed by atoms with Gasteiger partial charge in [0.2, 0.25) is 0 Å². The molecule has 5 nitrogen and oxygen atoms in total. The lowest BCUT2D eigenvalue weighted by atomic mass is 9.99. The minimum atomic E-state index is 0.651. The Labute approximate surface area is 345 Å². The molecule has 0 aliphatic rings. The van der Waals surface area contributed by atoms with Gasteiger partial charge in [0, 0.05) is 49.5 Å². The SMILES string of the molecule is c1ccc(-c2ccc3c(c2)nc(-c2ccc(-c4nc(-c5ccccc5)cc(-c5cccc(-n6c7ccccc7c7ccccc76)c5)n4)cc2)c2c4ccccc4oc32)cc1. The fourth-order valence-corrected chi connectivity index (χ4v) is 8.74. The molecule has 12 aromatic rings. The molecule has 0 amide bonds. The van der Waals surface area contributed by atoms with Gasteiger partial charge in [-0.1, -0.05) is 158 Å². The molecule has 0 radical (unpaired) electrons. The van der Waals surface area contributed by atoms with Crippen molar-refractivity contribution < 1.29 is 4.42 Å². The van der Waals surface area contributed by atoms with Gasteiger partial charge in [-0.2, -0.15) is 0 Å². The summed E-state index contributed by atoms with van der Waals surface area (Å²) in [6.45, 7) is 0. The number of pyridine rings is 1. The average Bonchev–Trinajstić information content (AvgIpc) is 3.88. The highest BCUT2D eigenvalue weighted by Gasteiger charge is 2.19. The molecule has 0 N–H and O–H groups in total. The Morgan fingerprint density at radius 1 is 0.367 bits per heavy atom. The molecule has 8 aromatic carbocycles. The summed E-state index contributed by atoms with van der Waals surface area (Å²) >= 11 is 0. The van der Waals surface area contributed by atoms with E-state index in [1.54, 1.807) is 0 Å². The van der Waals surface area contributed by atoms with Gasteiger partial charge in [0.25, 0.3) is 0 Å². The summed E-state index contributed by atoms with van der Waals surface area (Å²) in [6, 6.07) is 71.9. The highest BCUT2D eigenvalue weighted by atomic mass is 16.3. The molecular formula is C55H34N4O. The third-order valence-corrected chi connectivity index (χ3v) is 11.6. The number of furan rings is 1. The van der Waals surface area contributed by atoms with Crippen LogP contribution in [0.5, 0.6) is 0 Å². The van der Waals surface area contributed by atoms with Crippen molar-refractivity contribution in [3.8, 4) is 62.0 Å². The number of para-hydroxylation sites is 3. The molecule has 12 rings (SSSR count). The minimum Gasteiger partial charge on any atom is -0.455 e. The summed E-state index contributed by atoms with van der Waals surface area (Å²) < 4.78 is 8.93. The molecule has 60 heavy (non-hydrogen) atoms. The topological polar surface area (TPSA) is 56.7 Å². The predicted octanol–water partition coefficient (Wildman–Crippen LogP) is 14.4. The summed E-state index contributed by atoms with van der Waals surface area (Å²) in [7, 11) is 0. The molecule has 0 atom stereocenters. The average molecular weight is 767 g/mol. The van der Waals surface area contributed by atoms with Gasteiger partial charge in [-0.3, -0.25) is 0 Å². The molecule has 4 heterocycles. The molecule has 0 unspecified atom stereocenters. The number of aromatic nitrogens is 4. The minimum absolute atomic E-state index is 0.651. The number of nitrogens with zero attached hydrogens (tertiary/aromatic N) is 4. The summed E-state index contributed by atoms with van der Waals surface area (Å²) in [4.78, 5) is 15.8. The molecular weight excluding hydrogens is 733 g/mol. The van der Waals surface area contributed by atoms with Gasteiger partial charge in [0.1, 0.15) is 11.2 Å². The van der Waals surface area contributed by atoms with Crippen molar-refractivity contribution in [1.29, 1.82) is 0 Å². The van der Waals surface area contributed by atoms with Crippen LogP contribution in [0.1, 0.15) is 0 Å². The van der Waals surface area contributed by atoms with E-state index in [2.05, 4.69) is 174 Å². The van der Waals surface area contributed by atoms with Gasteiger partial charge < -0.3 is 8.98 Å². The zero-order valence-corrected chi connectivity index (χ0v) is 32.3. The zero-order chi connectivity index (χ0) is 39.6. The van der Waals surface area contributed by atoms with Crippen LogP contribution in [0.15, 0.2) is 211 Å². The normalized spacial score (nSPS) is 11.7. The Kier molecular flexibility index (Phi) is 7.78. The molecule has 0 bridgehead atoms. The monoisotopic (exact) mass is 766 g/mol. The van der Waals surface area contributed by atoms with Gasteiger partial charge >= 0.3 is 0 Å². The zero-order valence-electron chi connectivity index (χ0n) is 32.3. The third kappa shape index (κ3) is 5.59. The fourth-order valence-electron chi connectivity index (χ4n) is 8.74. The Balaban J connectivity index is 0.995. The summed E-state index contributed by atoms with van der Waals surface area (Å²) in [5.74, 6) is 0.651. The molecule has 4 aromatic heterocycles. The van der Waals surface area contributed by atoms with Crippen LogP contribution in [0.3, 0.4) is 0 Å². The van der Waals surface area contributed by atoms with Crippen molar-refractivity contribution in [3.05, 3.63) is 206 Å². The molecule has 0 saturated heterocycles. The lowest BCUT2D eigenvalue weighted by molar-refractivity contribution is 0.672. The van der Waals surface area contributed by atoms with E-state index in [4.69, 9.17) is 19.4 Å². The number of fused-ring (bicyclic) bond motifs is 8. The highest BCUT2D eigenvalue weighted by molar-refractivity contribution is 6.19. The Bertz CT molecular complexity index is 3530. The second-order valence-electron chi connectivity index (χ2n) is 15.2. The van der Waals surface area contributed by atoms with Crippen LogP contribution in [0.4, 0.5) is 0 Å². The van der Waals surface area contributed by atoms with E-state index in [-0.39, 0.29) is 0 Å². The first kappa shape index (κ1) is 33.9. The molecule has 0 aliphatic carbocycles. The Morgan fingerprint density at radius 2 is 0.950 bits per heavy atom. The summed E-state index contributed by atoms with van der Waals surface area (Å²) in [5.41, 5.74) is 14.8. The predicted molar refractivity (Wildman–Crippen MR) is 246 cm³/mol. The largest absolute Gasteiger partial charge is 0.455 e. The van der Waals surface area contributed by atoms with Crippen LogP contribution in [0.25, 0.3) is 117 Å². The van der Waals surface area contributed by atoms with Crippen LogP contribution < -0.4 is 0 Å². The number of hydrogen-bond donors (Lipinski definition) is 0. The van der Waals surface area contributed by atoms with Crippen LogP contribution in [-0.2, 0) is 0 Å². The number of benzene rings is 8. The first-order valence-electron chi connectivity index (χ1n) is 20.2. The molecule has 280 valence electrons. The maximum atomic E-state index is 6.59. The molecule has 0 spiro atoms. The smallest absolute Gasteiger partial charge is 0.160 e. The van der Waals surface area contributed by atoms with Crippen molar-refractivity contribution in [2.45, 2.75) is 0 Å². The van der Waals surface area contributed by atoms with E-state index in [1.807, 2.05) is 36.4 Å². The highest BCUT2D eigenvalue weighted by Crippen LogP contribution is 2.41. The first-order chi connectivity index (χ1) is 29.7. The van der Waals surface area contributed by atoms with E-state index in [9.17, 15) is 0 Å². The van der Waals surface area contributed by atoms with Crippen molar-refractivity contribution in [1.82, 2.24) is 19.5 Å². The van der Waals surface area contributed by atoms with Crippen molar-refractivity contribution in [2.24, 2.45) is 0 Å². The Hall–Kier alpha value is -8.15. The quantitative estimate of drug-likeness (QED) is 0.169. The van der Waals surface area contributed by atoms with E-state index in [0.717, 1.165) is 89.0 Å². The van der Waals surface area contributed by atoms with Gasteiger partial charge in [-0.25, -0.2) is 15.0 Å². The van der Waals surface area contributed by atoms with Gasteiger partial charge in [-0.05, 0) is 59.7 Å². The van der Waals surface area contributed by atoms with Gasteiger partial charge in [0.15, 0.2) is 5.82 Å². The second kappa shape index (κ2) is 13.8. The lowest BCUT2D eigenvalue weighted by Gasteiger charge is -2.13. The fraction of sp³-hybridized carbons (Fsp3) is 0. The summed E-state index contributed by atoms with van der Waals surface area (Å²) in [6.07, 6.45) is 0. The first-order valence-corrected chi connectivity index (χ1v) is 20.2. The van der Waals surface area contributed by atoms with E-state index in [1.165, 1.54) is 21.8 Å².